The molecule has 1 atom stereocenters. The molecule has 8 nitrogen and oxygen atoms in total. The van der Waals surface area contributed by atoms with Gasteiger partial charge in [-0.1, -0.05) is 48.5 Å². The highest BCUT2D eigenvalue weighted by Crippen LogP contribution is 2.16. The number of carboxylic acid groups (broad SMARTS) is 1. The second-order valence-electron chi connectivity index (χ2n) is 8.73. The number of aryl methyl sites for hydroxylation is 1. The molecule has 0 spiro atoms. The molecule has 1 unspecified atom stereocenters. The first-order valence-electron chi connectivity index (χ1n) is 12.8. The van der Waals surface area contributed by atoms with E-state index >= 15 is 0 Å². The zero-order valence-electron chi connectivity index (χ0n) is 22.0. The molecule has 0 fully saturated rings. The summed E-state index contributed by atoms with van der Waals surface area (Å²) in [6.07, 6.45) is 0.0643. The van der Waals surface area contributed by atoms with Crippen LogP contribution < -0.4 is 14.8 Å². The van der Waals surface area contributed by atoms with Gasteiger partial charge in [-0.2, -0.15) is 0 Å². The number of carboxylic acids is 1. The maximum Gasteiger partial charge on any atom is 0.333 e. The van der Waals surface area contributed by atoms with Gasteiger partial charge in [0.1, 0.15) is 18.1 Å². The summed E-state index contributed by atoms with van der Waals surface area (Å²) in [5, 5.41) is 12.3. The second kappa shape index (κ2) is 15.3. The third-order valence-electron chi connectivity index (χ3n) is 5.88. The Kier molecular flexibility index (Phi) is 11.5. The molecular weight excluding hydrogens is 484 g/mol. The fourth-order valence-electron chi connectivity index (χ4n) is 3.81. The minimum absolute atomic E-state index is 0.200. The summed E-state index contributed by atoms with van der Waals surface area (Å²) in [7, 11) is 0. The van der Waals surface area contributed by atoms with Gasteiger partial charge in [-0.3, -0.25) is 0 Å². The van der Waals surface area contributed by atoms with Crippen LogP contribution in [0.3, 0.4) is 0 Å². The molecule has 0 saturated carbocycles. The number of rotatable bonds is 15. The van der Waals surface area contributed by atoms with Crippen molar-refractivity contribution in [1.29, 1.82) is 0 Å². The minimum Gasteiger partial charge on any atom is -0.494 e. The van der Waals surface area contributed by atoms with Crippen LogP contribution in [0.25, 0.3) is 0 Å². The van der Waals surface area contributed by atoms with Gasteiger partial charge in [-0.05, 0) is 61.7 Å². The quantitative estimate of drug-likeness (QED) is 0.260. The van der Waals surface area contributed by atoms with E-state index in [1.807, 2.05) is 73.7 Å². The number of nitrogens with zero attached hydrogens (tertiary/aromatic N) is 1. The lowest BCUT2D eigenvalue weighted by atomic mass is 10.1. The van der Waals surface area contributed by atoms with E-state index in [2.05, 4.69) is 5.32 Å². The number of amides is 2. The fourth-order valence-corrected chi connectivity index (χ4v) is 3.81. The number of carbonyl (C=O) groups excluding carboxylic acids is 1. The normalized spacial score (nSPS) is 11.4. The Labute approximate surface area is 224 Å². The smallest absolute Gasteiger partial charge is 0.333 e. The van der Waals surface area contributed by atoms with E-state index in [4.69, 9.17) is 14.2 Å². The molecule has 3 aromatic rings. The number of anilines is 1. The number of hydrogen-bond donors (Lipinski definition) is 2. The third-order valence-corrected chi connectivity index (χ3v) is 5.88. The van der Waals surface area contributed by atoms with Crippen LogP contribution in [0.1, 0.15) is 24.5 Å². The van der Waals surface area contributed by atoms with E-state index in [0.29, 0.717) is 45.1 Å². The van der Waals surface area contributed by atoms with Crippen LogP contribution in [0.2, 0.25) is 0 Å². The summed E-state index contributed by atoms with van der Waals surface area (Å²) in [6.45, 7) is 5.74. The van der Waals surface area contributed by atoms with Gasteiger partial charge in [0.2, 0.25) is 0 Å². The molecule has 0 saturated heterocycles. The molecule has 3 rings (SSSR count). The topological polar surface area (TPSA) is 97.3 Å². The lowest BCUT2D eigenvalue weighted by Gasteiger charge is -2.24. The average Bonchev–Trinajstić information content (AvgIpc) is 2.92. The van der Waals surface area contributed by atoms with E-state index in [-0.39, 0.29) is 12.5 Å². The number of urea groups is 1. The van der Waals surface area contributed by atoms with Gasteiger partial charge in [0.25, 0.3) is 0 Å². The first-order chi connectivity index (χ1) is 18.5. The number of aliphatic carboxylic acids is 1. The zero-order chi connectivity index (χ0) is 27.2. The fraction of sp³-hybridized carbons (Fsp3) is 0.333. The Morgan fingerprint density at radius 3 is 2.21 bits per heavy atom. The Morgan fingerprint density at radius 1 is 0.868 bits per heavy atom. The number of nitrogens with one attached hydrogen (secondary N) is 1. The molecule has 0 aromatic heterocycles. The lowest BCUT2D eigenvalue weighted by Crippen LogP contribution is -2.39. The van der Waals surface area contributed by atoms with Crippen molar-refractivity contribution >= 4 is 17.7 Å². The first-order valence-corrected chi connectivity index (χ1v) is 12.8. The minimum atomic E-state index is -0.981. The van der Waals surface area contributed by atoms with Gasteiger partial charge >= 0.3 is 12.0 Å². The van der Waals surface area contributed by atoms with E-state index in [9.17, 15) is 14.7 Å². The number of carbonyl (C=O) groups is 2. The monoisotopic (exact) mass is 520 g/mol. The van der Waals surface area contributed by atoms with E-state index in [1.54, 1.807) is 24.0 Å². The largest absolute Gasteiger partial charge is 0.494 e. The summed E-state index contributed by atoms with van der Waals surface area (Å²) >= 11 is 0. The molecule has 0 aliphatic heterocycles. The van der Waals surface area contributed by atoms with Crippen LogP contribution in [-0.4, -0.2) is 61.0 Å². The number of benzene rings is 3. The number of hydrogen-bond acceptors (Lipinski definition) is 5. The molecule has 8 heteroatoms. The molecule has 202 valence electrons. The summed E-state index contributed by atoms with van der Waals surface area (Å²) in [4.78, 5) is 26.1. The van der Waals surface area contributed by atoms with Crippen molar-refractivity contribution in [2.45, 2.75) is 32.8 Å². The van der Waals surface area contributed by atoms with Crippen LogP contribution >= 0.6 is 0 Å². The Morgan fingerprint density at radius 2 is 1.53 bits per heavy atom. The molecular formula is C30H36N2O6. The highest BCUT2D eigenvalue weighted by molar-refractivity contribution is 5.90. The van der Waals surface area contributed by atoms with Gasteiger partial charge in [0.05, 0.1) is 13.2 Å². The Hall–Kier alpha value is -4.04. The van der Waals surface area contributed by atoms with Crippen LogP contribution in [0, 0.1) is 6.92 Å². The average molecular weight is 521 g/mol. The third kappa shape index (κ3) is 9.44. The predicted octanol–water partition coefficient (Wildman–Crippen LogP) is 5.41. The van der Waals surface area contributed by atoms with Gasteiger partial charge in [0.15, 0.2) is 6.10 Å². The van der Waals surface area contributed by atoms with Crippen molar-refractivity contribution in [3.63, 3.8) is 0 Å². The van der Waals surface area contributed by atoms with Crippen molar-refractivity contribution in [3.05, 3.63) is 90.0 Å². The number of ether oxygens (including phenoxy) is 3. The van der Waals surface area contributed by atoms with E-state index in [1.165, 1.54) is 0 Å². The number of para-hydroxylation sites is 2. The van der Waals surface area contributed by atoms with Crippen molar-refractivity contribution in [3.8, 4) is 11.5 Å². The van der Waals surface area contributed by atoms with Crippen molar-refractivity contribution < 1.29 is 28.9 Å². The zero-order valence-corrected chi connectivity index (χ0v) is 22.0. The van der Waals surface area contributed by atoms with Gasteiger partial charge in [-0.25, -0.2) is 9.59 Å². The molecule has 2 N–H and O–H groups in total. The predicted molar refractivity (Wildman–Crippen MR) is 147 cm³/mol. The van der Waals surface area contributed by atoms with Gasteiger partial charge in [-0.15, -0.1) is 0 Å². The van der Waals surface area contributed by atoms with Crippen LogP contribution in [0.5, 0.6) is 11.5 Å². The summed E-state index contributed by atoms with van der Waals surface area (Å²) in [5.41, 5.74) is 2.60. The highest BCUT2D eigenvalue weighted by Gasteiger charge is 2.18. The molecule has 38 heavy (non-hydrogen) atoms. The van der Waals surface area contributed by atoms with Crippen LogP contribution in [0.15, 0.2) is 78.9 Å². The van der Waals surface area contributed by atoms with Gasteiger partial charge < -0.3 is 29.5 Å². The standard InChI is InChI=1S/C30H36N2O6/c1-3-36-28(29(33)34)22-24-14-16-26(17-15-24)38-21-19-32(18-9-20-37-25-11-5-4-6-12-25)30(35)31-27-13-8-7-10-23(27)2/h4-8,10-17,28H,3,9,18-22H2,1-2H3,(H,31,35)(H,33,34). The molecule has 0 heterocycles. The Balaban J connectivity index is 1.54. The molecule has 0 aliphatic rings. The van der Waals surface area contributed by atoms with Crippen LogP contribution in [-0.2, 0) is 16.0 Å². The highest BCUT2D eigenvalue weighted by atomic mass is 16.5. The molecule has 3 aromatic carbocycles. The van der Waals surface area contributed by atoms with Gasteiger partial charge in [0, 0.05) is 25.3 Å². The van der Waals surface area contributed by atoms with Crippen molar-refractivity contribution in [1.82, 2.24) is 4.90 Å². The Bertz CT molecular complexity index is 1140. The molecule has 0 radical (unpaired) electrons. The summed E-state index contributed by atoms with van der Waals surface area (Å²) < 4.78 is 17.0. The molecule has 0 aliphatic carbocycles. The maximum absolute atomic E-state index is 13.1. The van der Waals surface area contributed by atoms with Crippen molar-refractivity contribution in [2.75, 3.05) is 38.2 Å². The maximum atomic E-state index is 13.1. The summed E-state index contributed by atoms with van der Waals surface area (Å²) in [6, 6.07) is 24.3. The SMILES string of the molecule is CCOC(Cc1ccc(OCCN(CCCOc2ccccc2)C(=O)Nc2ccccc2C)cc1)C(=O)O. The van der Waals surface area contributed by atoms with E-state index < -0.39 is 12.1 Å². The van der Waals surface area contributed by atoms with E-state index in [0.717, 1.165) is 22.6 Å². The lowest BCUT2D eigenvalue weighted by molar-refractivity contribution is -0.149. The van der Waals surface area contributed by atoms with Crippen molar-refractivity contribution in [2.24, 2.45) is 0 Å². The molecule has 0 bridgehead atoms. The molecule has 2 amide bonds. The second-order valence-corrected chi connectivity index (χ2v) is 8.73. The van der Waals surface area contributed by atoms with Crippen LogP contribution in [0.4, 0.5) is 10.5 Å². The summed E-state index contributed by atoms with van der Waals surface area (Å²) in [5.74, 6) is 0.459. The first kappa shape index (κ1) is 28.5.